The van der Waals surface area contributed by atoms with Gasteiger partial charge in [0.1, 0.15) is 0 Å². The number of nitrogens with zero attached hydrogens (tertiary/aromatic N) is 1. The van der Waals surface area contributed by atoms with Crippen LogP contribution >= 0.6 is 0 Å². The van der Waals surface area contributed by atoms with Crippen molar-refractivity contribution in [1.82, 2.24) is 0 Å². The molecule has 7 aliphatic carbocycles. The maximum atomic E-state index is 2.64. The van der Waals surface area contributed by atoms with E-state index in [4.69, 9.17) is 0 Å². The van der Waals surface area contributed by atoms with Crippen LogP contribution in [-0.2, 0) is 21.7 Å². The average Bonchev–Trinajstić information content (AvgIpc) is 3.72. The van der Waals surface area contributed by atoms with Crippen molar-refractivity contribution >= 4 is 17.1 Å². The van der Waals surface area contributed by atoms with Crippen molar-refractivity contribution in [2.45, 2.75) is 108 Å². The van der Waals surface area contributed by atoms with Crippen molar-refractivity contribution in [2.24, 2.45) is 23.7 Å². The lowest BCUT2D eigenvalue weighted by Gasteiger charge is -2.61. The molecule has 0 aliphatic heterocycles. The van der Waals surface area contributed by atoms with E-state index in [1.165, 1.54) is 129 Å². The largest absolute Gasteiger partial charge is 0.310 e. The topological polar surface area (TPSA) is 3.24 Å². The van der Waals surface area contributed by atoms with Crippen molar-refractivity contribution in [3.05, 3.63) is 185 Å². The van der Waals surface area contributed by atoms with E-state index in [1.54, 1.807) is 11.1 Å². The number of rotatable bonds is 5. The molecule has 0 unspecified atom stereocenters. The first-order chi connectivity index (χ1) is 30.9. The molecule has 4 fully saturated rings. The second-order valence-corrected chi connectivity index (χ2v) is 22.8. The van der Waals surface area contributed by atoms with E-state index >= 15 is 0 Å². The lowest BCUT2D eigenvalue weighted by atomic mass is 9.43. The number of fused-ring (bicyclic) bond motifs is 7. The summed E-state index contributed by atoms with van der Waals surface area (Å²) < 4.78 is 0. The van der Waals surface area contributed by atoms with E-state index in [1.807, 2.05) is 0 Å². The summed E-state index contributed by atoms with van der Waals surface area (Å²) in [7, 11) is 0. The molecule has 318 valence electrons. The Balaban J connectivity index is 0.945. The molecule has 0 amide bonds. The molecule has 0 aromatic heterocycles. The van der Waals surface area contributed by atoms with Gasteiger partial charge in [-0.25, -0.2) is 0 Å². The molecule has 1 heteroatoms. The molecule has 14 rings (SSSR count). The zero-order valence-corrected chi connectivity index (χ0v) is 38.6. The second kappa shape index (κ2) is 13.4. The Morgan fingerprint density at radius 3 is 1.61 bits per heavy atom. The minimum atomic E-state index is -0.101. The first-order valence-electron chi connectivity index (χ1n) is 24.6. The highest BCUT2D eigenvalue weighted by atomic mass is 15.1. The van der Waals surface area contributed by atoms with Gasteiger partial charge in [-0.15, -0.1) is 0 Å². The third-order valence-electron chi connectivity index (χ3n) is 18.1. The lowest BCUT2D eigenvalue weighted by Crippen LogP contribution is -2.55. The SMILES string of the molecule is CC1(C)CCC(C)(C)c2cc(-c3ccccc3N(c3ccc(-c4ccc5c(c4)C4(c6ccccc6-5)C5CC6CC(C5)CC4C6)cc3)c3ccc4c(c3)C(C)(C)c3ccccc3-4)ccc21. The lowest BCUT2D eigenvalue weighted by molar-refractivity contribution is -0.0399. The summed E-state index contributed by atoms with van der Waals surface area (Å²) in [5.74, 6) is 3.39. The zero-order chi connectivity index (χ0) is 43.3. The van der Waals surface area contributed by atoms with Gasteiger partial charge in [-0.05, 0) is 188 Å². The summed E-state index contributed by atoms with van der Waals surface area (Å²) in [5.41, 5.74) is 23.9. The van der Waals surface area contributed by atoms with Crippen LogP contribution in [0.5, 0.6) is 0 Å². The summed E-state index contributed by atoms with van der Waals surface area (Å²) >= 11 is 0. The third kappa shape index (κ3) is 5.36. The molecule has 4 bridgehead atoms. The molecule has 0 saturated heterocycles. The van der Waals surface area contributed by atoms with E-state index in [-0.39, 0.29) is 21.7 Å². The first kappa shape index (κ1) is 38.8. The highest BCUT2D eigenvalue weighted by Crippen LogP contribution is 2.69. The number of hydrogen-bond donors (Lipinski definition) is 0. The molecule has 0 N–H and O–H groups in total. The van der Waals surface area contributed by atoms with E-state index < -0.39 is 0 Å². The van der Waals surface area contributed by atoms with Gasteiger partial charge in [0, 0.05) is 27.8 Å². The Kier molecular flexibility index (Phi) is 8.15. The van der Waals surface area contributed by atoms with Crippen LogP contribution in [0, 0.1) is 23.7 Å². The van der Waals surface area contributed by atoms with Gasteiger partial charge in [-0.1, -0.05) is 157 Å². The second-order valence-electron chi connectivity index (χ2n) is 22.8. The van der Waals surface area contributed by atoms with E-state index in [9.17, 15) is 0 Å². The third-order valence-corrected chi connectivity index (χ3v) is 18.1. The van der Waals surface area contributed by atoms with Crippen LogP contribution in [-0.4, -0.2) is 0 Å². The van der Waals surface area contributed by atoms with Crippen LogP contribution < -0.4 is 4.90 Å². The molecule has 7 aromatic rings. The van der Waals surface area contributed by atoms with Crippen molar-refractivity contribution < 1.29 is 0 Å². The fraction of sp³-hybridized carbons (Fsp3) is 0.333. The fourth-order valence-electron chi connectivity index (χ4n) is 15.1. The fourth-order valence-corrected chi connectivity index (χ4v) is 15.1. The smallest absolute Gasteiger partial charge is 0.0540 e. The summed E-state index contributed by atoms with van der Waals surface area (Å²) in [6.07, 6.45) is 9.52. The number of hydrogen-bond acceptors (Lipinski definition) is 1. The average molecular weight is 832 g/mol. The molecular formula is C63H61N. The van der Waals surface area contributed by atoms with Crippen LogP contribution in [0.3, 0.4) is 0 Å². The van der Waals surface area contributed by atoms with Crippen LogP contribution in [0.25, 0.3) is 44.5 Å². The van der Waals surface area contributed by atoms with Crippen molar-refractivity contribution in [3.63, 3.8) is 0 Å². The van der Waals surface area contributed by atoms with Gasteiger partial charge >= 0.3 is 0 Å². The minimum absolute atomic E-state index is 0.101. The highest BCUT2D eigenvalue weighted by molar-refractivity contribution is 5.92. The maximum absolute atomic E-state index is 2.64. The molecular weight excluding hydrogens is 771 g/mol. The number of para-hydroxylation sites is 1. The molecule has 64 heavy (non-hydrogen) atoms. The van der Waals surface area contributed by atoms with Crippen molar-refractivity contribution in [1.29, 1.82) is 0 Å². The Bertz CT molecular complexity index is 3020. The molecule has 7 aliphatic rings. The summed E-state index contributed by atoms with van der Waals surface area (Å²) in [5, 5.41) is 0. The van der Waals surface area contributed by atoms with E-state index in [2.05, 4.69) is 198 Å². The first-order valence-corrected chi connectivity index (χ1v) is 24.6. The van der Waals surface area contributed by atoms with Crippen LogP contribution in [0.15, 0.2) is 152 Å². The van der Waals surface area contributed by atoms with E-state index in [0.717, 1.165) is 23.7 Å². The normalized spacial score (nSPS) is 25.3. The van der Waals surface area contributed by atoms with Gasteiger partial charge in [0.05, 0.1) is 5.69 Å². The predicted octanol–water partition coefficient (Wildman–Crippen LogP) is 16.9. The van der Waals surface area contributed by atoms with E-state index in [0.29, 0.717) is 0 Å². The zero-order valence-electron chi connectivity index (χ0n) is 38.6. The summed E-state index contributed by atoms with van der Waals surface area (Å²) in [6, 6.07) is 59.3. The van der Waals surface area contributed by atoms with Crippen LogP contribution in [0.4, 0.5) is 17.1 Å². The molecule has 0 radical (unpaired) electrons. The van der Waals surface area contributed by atoms with Gasteiger partial charge in [0.2, 0.25) is 0 Å². The number of anilines is 3. The number of benzene rings is 7. The molecule has 1 nitrogen and oxygen atoms in total. The molecule has 4 saturated carbocycles. The quantitative estimate of drug-likeness (QED) is 0.167. The Morgan fingerprint density at radius 2 is 0.891 bits per heavy atom. The summed E-state index contributed by atoms with van der Waals surface area (Å²) in [6.45, 7) is 14.5. The van der Waals surface area contributed by atoms with Gasteiger partial charge in [0.15, 0.2) is 0 Å². The van der Waals surface area contributed by atoms with Gasteiger partial charge in [-0.3, -0.25) is 0 Å². The Hall–Kier alpha value is -5.66. The monoisotopic (exact) mass is 831 g/mol. The van der Waals surface area contributed by atoms with Gasteiger partial charge in [0.25, 0.3) is 0 Å². The molecule has 7 aromatic carbocycles. The summed E-state index contributed by atoms with van der Waals surface area (Å²) in [4.78, 5) is 2.54. The van der Waals surface area contributed by atoms with Crippen LogP contribution in [0.1, 0.15) is 120 Å². The van der Waals surface area contributed by atoms with Crippen LogP contribution in [0.2, 0.25) is 0 Å². The highest BCUT2D eigenvalue weighted by Gasteiger charge is 2.61. The Morgan fingerprint density at radius 1 is 0.375 bits per heavy atom. The predicted molar refractivity (Wildman–Crippen MR) is 268 cm³/mol. The molecule has 0 atom stereocenters. The van der Waals surface area contributed by atoms with Crippen molar-refractivity contribution in [2.75, 3.05) is 4.90 Å². The molecule has 0 heterocycles. The minimum Gasteiger partial charge on any atom is -0.310 e. The van der Waals surface area contributed by atoms with Gasteiger partial charge in [-0.2, -0.15) is 0 Å². The standard InChI is InChI=1S/C63H61N/c1-60(2)29-30-61(3,4)58-37-43(22-28-55(58)60)48-13-9-12-18-59(48)64(47-25-27-51-49-14-7-10-16-53(49)62(5,6)56(51)38-47)46-23-19-41(20-24-46)42-21-26-52-50-15-8-11-17-54(50)63(57(52)36-42)44-32-39-31-40(34-44)35-45(63)33-39/h7-28,36-40,44-45H,29-35H2,1-6H3. The molecule has 1 spiro atoms. The maximum Gasteiger partial charge on any atom is 0.0540 e. The van der Waals surface area contributed by atoms with Crippen molar-refractivity contribution in [3.8, 4) is 44.5 Å². The Labute approximate surface area is 381 Å². The van der Waals surface area contributed by atoms with Gasteiger partial charge < -0.3 is 4.90 Å².